The maximum atomic E-state index is 13.2. The van der Waals surface area contributed by atoms with Crippen LogP contribution in [0.15, 0.2) is 54.0 Å². The van der Waals surface area contributed by atoms with Crippen molar-refractivity contribution in [2.24, 2.45) is 0 Å². The highest BCUT2D eigenvalue weighted by molar-refractivity contribution is 5.54. The molecule has 14 heteroatoms. The standard InChI is InChI=1S/C38H51NO13/c1-35(2)43-18-24(47-35)26-28(30-33(45-26)51-37(5,6)49-30)41-16-20-13-21(15-23(14-20)39-32(40)22-11-9-10-12-22)17-42-29-27(25-19-44-36(3,4)48-25)46-34-31(29)50-38(7,8)52-34/h9-15,24-31,33-34,39-40H,16-19H2,1-8H3/p-1/t24-,25-,26+,27+,28-,29-,30+,31+,33+,34+/m0/s1. The molecule has 0 amide bonds. The van der Waals surface area contributed by atoms with Crippen LogP contribution >= 0.6 is 0 Å². The minimum Gasteiger partial charge on any atom is -0.860 e. The van der Waals surface area contributed by atoms with Crippen molar-refractivity contribution in [3.63, 3.8) is 0 Å². The van der Waals surface area contributed by atoms with Crippen molar-refractivity contribution in [2.45, 2.75) is 153 Å². The van der Waals surface area contributed by atoms with Gasteiger partial charge in [0.05, 0.1) is 26.4 Å². The lowest BCUT2D eigenvalue weighted by Crippen LogP contribution is -2.44. The first-order valence-electron chi connectivity index (χ1n) is 18.1. The van der Waals surface area contributed by atoms with Crippen molar-refractivity contribution in [3.05, 3.63) is 65.1 Å². The van der Waals surface area contributed by atoms with E-state index in [0.29, 0.717) is 24.5 Å². The number of nitrogens with one attached hydrogen (secondary N) is 1. The largest absolute Gasteiger partial charge is 0.860 e. The summed E-state index contributed by atoms with van der Waals surface area (Å²) in [5.41, 5.74) is 2.75. The fourth-order valence-electron chi connectivity index (χ4n) is 7.86. The molecular formula is C38H50NO13-. The smallest absolute Gasteiger partial charge is 0.190 e. The summed E-state index contributed by atoms with van der Waals surface area (Å²) in [6.07, 6.45) is 2.20. The van der Waals surface area contributed by atoms with Crippen molar-refractivity contribution in [3.8, 4) is 0 Å². The third-order valence-electron chi connectivity index (χ3n) is 9.97. The van der Waals surface area contributed by atoms with Gasteiger partial charge in [-0.15, -0.1) is 0 Å². The highest BCUT2D eigenvalue weighted by Crippen LogP contribution is 2.44. The van der Waals surface area contributed by atoms with E-state index in [4.69, 9.17) is 56.8 Å². The van der Waals surface area contributed by atoms with Gasteiger partial charge in [-0.2, -0.15) is 0 Å². The van der Waals surface area contributed by atoms with Crippen molar-refractivity contribution in [1.29, 1.82) is 0 Å². The molecule has 6 heterocycles. The van der Waals surface area contributed by atoms with Gasteiger partial charge in [-0.1, -0.05) is 30.4 Å². The van der Waals surface area contributed by atoms with Gasteiger partial charge in [0.25, 0.3) is 0 Å². The first-order valence-corrected chi connectivity index (χ1v) is 18.1. The topological polar surface area (TPSA) is 146 Å². The van der Waals surface area contributed by atoms with Crippen molar-refractivity contribution in [1.82, 2.24) is 0 Å². The third-order valence-corrected chi connectivity index (χ3v) is 9.97. The molecule has 0 saturated carbocycles. The van der Waals surface area contributed by atoms with Gasteiger partial charge in [0, 0.05) is 5.69 Å². The molecule has 14 nitrogen and oxygen atoms in total. The number of hydrogen-bond acceptors (Lipinski definition) is 14. The predicted octanol–water partition coefficient (Wildman–Crippen LogP) is 3.62. The predicted molar refractivity (Wildman–Crippen MR) is 180 cm³/mol. The monoisotopic (exact) mass is 728 g/mol. The van der Waals surface area contributed by atoms with Gasteiger partial charge < -0.3 is 67.3 Å². The zero-order chi connectivity index (χ0) is 36.6. The van der Waals surface area contributed by atoms with E-state index in [1.165, 1.54) is 0 Å². The molecule has 286 valence electrons. The highest BCUT2D eigenvalue weighted by Gasteiger charge is 2.60. The Bertz CT molecular complexity index is 1500. The molecule has 1 aromatic rings. The summed E-state index contributed by atoms with van der Waals surface area (Å²) in [7, 11) is 0. The van der Waals surface area contributed by atoms with E-state index in [-0.39, 0.29) is 31.3 Å². The molecule has 0 spiro atoms. The van der Waals surface area contributed by atoms with Crippen LogP contribution in [-0.4, -0.2) is 97.8 Å². The molecule has 1 aromatic carbocycles. The fraction of sp³-hybridized carbons (Fsp3) is 0.684. The summed E-state index contributed by atoms with van der Waals surface area (Å²) >= 11 is 0. The molecule has 0 radical (unpaired) electrons. The number of anilines is 1. The van der Waals surface area contributed by atoms with Crippen LogP contribution < -0.4 is 10.4 Å². The number of hydrogen-bond donors (Lipinski definition) is 1. The Hall–Kier alpha value is -2.44. The molecule has 6 aliphatic heterocycles. The van der Waals surface area contributed by atoms with Crippen molar-refractivity contribution < 1.29 is 61.9 Å². The minimum absolute atomic E-state index is 0.176. The van der Waals surface area contributed by atoms with E-state index in [1.54, 1.807) is 12.2 Å². The minimum atomic E-state index is -0.834. The van der Waals surface area contributed by atoms with E-state index in [0.717, 1.165) is 11.1 Å². The summed E-state index contributed by atoms with van der Waals surface area (Å²) in [5, 5.41) is 16.2. The molecule has 1 N–H and O–H groups in total. The van der Waals surface area contributed by atoms with Gasteiger partial charge in [-0.3, -0.25) is 0 Å². The molecule has 10 atom stereocenters. The van der Waals surface area contributed by atoms with Gasteiger partial charge in [0.1, 0.15) is 48.8 Å². The lowest BCUT2D eigenvalue weighted by Gasteiger charge is -2.29. The molecule has 6 saturated heterocycles. The summed E-state index contributed by atoms with van der Waals surface area (Å²) in [6.45, 7) is 15.9. The highest BCUT2D eigenvalue weighted by atomic mass is 16.9. The lowest BCUT2D eigenvalue weighted by atomic mass is 10.0. The Morgan fingerprint density at radius 1 is 0.635 bits per heavy atom. The molecule has 1 aliphatic carbocycles. The molecular weight excluding hydrogens is 678 g/mol. The maximum Gasteiger partial charge on any atom is 0.190 e. The van der Waals surface area contributed by atoms with Gasteiger partial charge >= 0.3 is 0 Å². The average molecular weight is 729 g/mol. The number of benzene rings is 1. The summed E-state index contributed by atoms with van der Waals surface area (Å²) < 4.78 is 74.7. The van der Waals surface area contributed by atoms with E-state index >= 15 is 0 Å². The lowest BCUT2D eigenvalue weighted by molar-refractivity contribution is -0.300. The van der Waals surface area contributed by atoms with E-state index in [9.17, 15) is 5.11 Å². The van der Waals surface area contributed by atoms with Crippen molar-refractivity contribution in [2.75, 3.05) is 18.5 Å². The SMILES string of the molecule is CC1(C)O[C@H]2O[C@H]([C@@H]3COC(C)(C)O3)[C@H](OCc3cc(CO[C@@H]4[C@H]5OC(C)(C)O[C@H]5O[C@@H]4[C@@H]4COC(C)(C)O4)cc(NC([O-])=C4C=CC=C4)c3)[C@H]2O1. The Balaban J connectivity index is 1.03. The van der Waals surface area contributed by atoms with Crippen LogP contribution in [0.25, 0.3) is 0 Å². The number of allylic oxidation sites excluding steroid dienone is 5. The number of fused-ring (bicyclic) bond motifs is 2. The summed E-state index contributed by atoms with van der Waals surface area (Å²) in [6, 6.07) is 5.77. The average Bonchev–Trinajstić information content (AvgIpc) is 3.90. The Morgan fingerprint density at radius 2 is 1.10 bits per heavy atom. The van der Waals surface area contributed by atoms with Crippen LogP contribution in [0.5, 0.6) is 0 Å². The molecule has 8 rings (SSSR count). The Kier molecular flexibility index (Phi) is 9.41. The maximum absolute atomic E-state index is 13.2. The zero-order valence-electron chi connectivity index (χ0n) is 31.0. The third kappa shape index (κ3) is 7.59. The van der Waals surface area contributed by atoms with Crippen molar-refractivity contribution >= 4 is 5.69 Å². The molecule has 7 aliphatic rings. The number of ether oxygens (including phenoxy) is 12. The first-order chi connectivity index (χ1) is 24.5. The normalized spacial score (nSPS) is 39.0. The quantitative estimate of drug-likeness (QED) is 0.350. The van der Waals surface area contributed by atoms with E-state index in [2.05, 4.69) is 5.32 Å². The fourth-order valence-corrected chi connectivity index (χ4v) is 7.86. The van der Waals surface area contributed by atoms with Crippen LogP contribution in [0.2, 0.25) is 0 Å². The second-order valence-corrected chi connectivity index (χ2v) is 16.1. The summed E-state index contributed by atoms with van der Waals surface area (Å²) in [4.78, 5) is 0. The van der Waals surface area contributed by atoms with Gasteiger partial charge in [-0.25, -0.2) is 0 Å². The molecule has 52 heavy (non-hydrogen) atoms. The van der Waals surface area contributed by atoms with E-state index < -0.39 is 72.4 Å². The Morgan fingerprint density at radius 3 is 1.52 bits per heavy atom. The van der Waals surface area contributed by atoms with Gasteiger partial charge in [-0.05, 0) is 90.1 Å². The van der Waals surface area contributed by atoms with E-state index in [1.807, 2.05) is 85.7 Å². The second kappa shape index (κ2) is 13.4. The van der Waals surface area contributed by atoms with Gasteiger partial charge in [0.15, 0.2) is 35.7 Å². The van der Waals surface area contributed by atoms with Crippen LogP contribution in [0.4, 0.5) is 5.69 Å². The first kappa shape index (κ1) is 36.5. The van der Waals surface area contributed by atoms with Crippen LogP contribution in [0, 0.1) is 0 Å². The molecule has 6 fully saturated rings. The molecule has 0 bridgehead atoms. The van der Waals surface area contributed by atoms with Gasteiger partial charge in [0.2, 0.25) is 0 Å². The molecule has 0 unspecified atom stereocenters. The Labute approximate surface area is 304 Å². The van der Waals surface area contributed by atoms with Crippen LogP contribution in [0.1, 0.15) is 66.5 Å². The summed E-state index contributed by atoms with van der Waals surface area (Å²) in [5.74, 6) is -3.39. The molecule has 0 aromatic heterocycles. The zero-order valence-corrected chi connectivity index (χ0v) is 31.0. The second-order valence-electron chi connectivity index (χ2n) is 16.1. The van der Waals surface area contributed by atoms with Crippen LogP contribution in [0.3, 0.4) is 0 Å². The van der Waals surface area contributed by atoms with Crippen LogP contribution in [-0.2, 0) is 70.1 Å². The number of rotatable bonds is 10.